The van der Waals surface area contributed by atoms with Crippen LogP contribution in [0.2, 0.25) is 0 Å². The highest BCUT2D eigenvalue weighted by Crippen LogP contribution is 2.20. The molecule has 1 atom stereocenters. The Morgan fingerprint density at radius 1 is 1.33 bits per heavy atom. The van der Waals surface area contributed by atoms with Crippen LogP contribution >= 0.6 is 11.3 Å². The summed E-state index contributed by atoms with van der Waals surface area (Å²) in [5.74, 6) is -0.579. The highest BCUT2D eigenvalue weighted by Gasteiger charge is 2.26. The van der Waals surface area contributed by atoms with Gasteiger partial charge in [0.25, 0.3) is 5.91 Å². The Labute approximate surface area is 126 Å². The Bertz CT molecular complexity index is 676. The van der Waals surface area contributed by atoms with Crippen molar-refractivity contribution in [2.75, 3.05) is 13.1 Å². The van der Waals surface area contributed by atoms with Crippen molar-refractivity contribution in [1.29, 1.82) is 0 Å². The number of ether oxygens (including phenoxy) is 1. The third kappa shape index (κ3) is 2.90. The lowest BCUT2D eigenvalue weighted by atomic mass is 10.2. The Morgan fingerprint density at radius 2 is 2.10 bits per heavy atom. The molecule has 1 amide bonds. The van der Waals surface area contributed by atoms with Crippen LogP contribution in [0, 0.1) is 0 Å². The Hall–Kier alpha value is -1.95. The maximum Gasteiger partial charge on any atom is 0.338 e. The summed E-state index contributed by atoms with van der Waals surface area (Å²) < 4.78 is 6.22. The molecule has 0 radical (unpaired) electrons. The molecule has 0 bridgehead atoms. The van der Waals surface area contributed by atoms with E-state index in [4.69, 9.17) is 4.74 Å². The summed E-state index contributed by atoms with van der Waals surface area (Å²) in [5.41, 5.74) is 3.05. The van der Waals surface area contributed by atoms with Gasteiger partial charge < -0.3 is 9.64 Å². The van der Waals surface area contributed by atoms with E-state index in [1.54, 1.807) is 35.5 Å². The predicted molar refractivity (Wildman–Crippen MR) is 80.3 cm³/mol. The number of nitrogens with zero attached hydrogens (tertiary/aromatic N) is 2. The average molecular weight is 304 g/mol. The van der Waals surface area contributed by atoms with Gasteiger partial charge in [-0.2, -0.15) is 0 Å². The molecule has 3 rings (SSSR count). The van der Waals surface area contributed by atoms with Crippen LogP contribution in [0.3, 0.4) is 0 Å². The van der Waals surface area contributed by atoms with Gasteiger partial charge in [-0.15, -0.1) is 11.3 Å². The second-order valence-electron chi connectivity index (χ2n) is 5.11. The van der Waals surface area contributed by atoms with Crippen molar-refractivity contribution in [2.45, 2.75) is 25.9 Å². The third-order valence-corrected chi connectivity index (χ3v) is 4.41. The zero-order valence-corrected chi connectivity index (χ0v) is 12.6. The van der Waals surface area contributed by atoms with Crippen LogP contribution < -0.4 is 0 Å². The quantitative estimate of drug-likeness (QED) is 0.817. The van der Waals surface area contributed by atoms with E-state index in [0.717, 1.165) is 36.1 Å². The number of esters is 1. The first-order chi connectivity index (χ1) is 10.1. The predicted octanol–water partition coefficient (Wildman–Crippen LogP) is 2.46. The Morgan fingerprint density at radius 3 is 2.86 bits per heavy atom. The smallest absolute Gasteiger partial charge is 0.338 e. The molecule has 0 saturated carbocycles. The fraction of sp³-hybridized carbons (Fsp3) is 0.400. The van der Waals surface area contributed by atoms with Crippen LogP contribution in [-0.4, -0.2) is 41.0 Å². The van der Waals surface area contributed by atoms with Crippen molar-refractivity contribution >= 4 is 33.4 Å². The number of fused-ring (bicyclic) bond motifs is 1. The van der Waals surface area contributed by atoms with Gasteiger partial charge in [0.05, 0.1) is 21.3 Å². The molecular weight excluding hydrogens is 288 g/mol. The van der Waals surface area contributed by atoms with E-state index in [1.807, 2.05) is 0 Å². The molecule has 1 aromatic heterocycles. The molecule has 1 aliphatic rings. The zero-order valence-electron chi connectivity index (χ0n) is 11.7. The molecule has 6 heteroatoms. The van der Waals surface area contributed by atoms with Crippen molar-refractivity contribution in [3.8, 4) is 0 Å². The molecule has 0 N–H and O–H groups in total. The van der Waals surface area contributed by atoms with Crippen molar-refractivity contribution in [1.82, 2.24) is 9.88 Å². The van der Waals surface area contributed by atoms with Crippen LogP contribution in [0.1, 0.15) is 30.1 Å². The normalized spacial score (nSPS) is 16.1. The Kier molecular flexibility index (Phi) is 3.88. The number of amides is 1. The largest absolute Gasteiger partial charge is 0.449 e. The van der Waals surface area contributed by atoms with Gasteiger partial charge in [-0.3, -0.25) is 4.79 Å². The van der Waals surface area contributed by atoms with Gasteiger partial charge in [0.1, 0.15) is 0 Å². The van der Waals surface area contributed by atoms with Crippen molar-refractivity contribution in [3.63, 3.8) is 0 Å². The van der Waals surface area contributed by atoms with E-state index >= 15 is 0 Å². The summed E-state index contributed by atoms with van der Waals surface area (Å²) >= 11 is 1.47. The van der Waals surface area contributed by atoms with E-state index in [0.29, 0.717) is 5.56 Å². The number of thiazole rings is 1. The van der Waals surface area contributed by atoms with Gasteiger partial charge in [0.2, 0.25) is 0 Å². The fourth-order valence-corrected chi connectivity index (χ4v) is 3.17. The first-order valence-corrected chi connectivity index (χ1v) is 7.86. The molecule has 2 aromatic rings. The second-order valence-corrected chi connectivity index (χ2v) is 6.00. The number of hydrogen-bond acceptors (Lipinski definition) is 5. The van der Waals surface area contributed by atoms with Gasteiger partial charge in [-0.25, -0.2) is 9.78 Å². The first kappa shape index (κ1) is 14.0. The molecule has 110 valence electrons. The molecule has 5 nitrogen and oxygen atoms in total. The number of carbonyl (C=O) groups excluding carboxylic acids is 2. The molecule has 0 spiro atoms. The van der Waals surface area contributed by atoms with E-state index in [2.05, 4.69) is 4.98 Å². The van der Waals surface area contributed by atoms with Crippen molar-refractivity contribution < 1.29 is 14.3 Å². The third-order valence-electron chi connectivity index (χ3n) is 3.62. The van der Waals surface area contributed by atoms with Gasteiger partial charge >= 0.3 is 5.97 Å². The summed E-state index contributed by atoms with van der Waals surface area (Å²) in [5, 5.41) is 0. The lowest BCUT2D eigenvalue weighted by Gasteiger charge is -2.20. The van der Waals surface area contributed by atoms with Crippen LogP contribution in [0.4, 0.5) is 0 Å². The molecule has 1 aliphatic heterocycles. The van der Waals surface area contributed by atoms with Gasteiger partial charge in [0.15, 0.2) is 6.10 Å². The highest BCUT2D eigenvalue weighted by atomic mass is 32.1. The number of aromatic nitrogens is 1. The van der Waals surface area contributed by atoms with Crippen LogP contribution in [0.5, 0.6) is 0 Å². The van der Waals surface area contributed by atoms with Crippen molar-refractivity contribution in [3.05, 3.63) is 29.3 Å². The maximum absolute atomic E-state index is 12.1. The second kappa shape index (κ2) is 5.81. The van der Waals surface area contributed by atoms with Gasteiger partial charge in [-0.1, -0.05) is 0 Å². The van der Waals surface area contributed by atoms with E-state index in [1.165, 1.54) is 11.3 Å². The standard InChI is InChI=1S/C15H16N2O3S/c1-10(14(18)17-6-2-3-7-17)20-15(19)11-4-5-12-13(8-11)21-9-16-12/h4-5,8-10H,2-3,6-7H2,1H3/t10-/m0/s1. The lowest BCUT2D eigenvalue weighted by Crippen LogP contribution is -2.38. The highest BCUT2D eigenvalue weighted by molar-refractivity contribution is 7.16. The van der Waals surface area contributed by atoms with E-state index < -0.39 is 12.1 Å². The Balaban J connectivity index is 1.68. The molecule has 1 fully saturated rings. The summed E-state index contributed by atoms with van der Waals surface area (Å²) in [6, 6.07) is 5.22. The summed E-state index contributed by atoms with van der Waals surface area (Å²) in [4.78, 5) is 30.2. The molecule has 1 aromatic carbocycles. The molecule has 2 heterocycles. The summed E-state index contributed by atoms with van der Waals surface area (Å²) in [7, 11) is 0. The number of likely N-dealkylation sites (tertiary alicyclic amines) is 1. The van der Waals surface area contributed by atoms with Crippen molar-refractivity contribution in [2.24, 2.45) is 0 Å². The number of carbonyl (C=O) groups is 2. The molecule has 21 heavy (non-hydrogen) atoms. The SMILES string of the molecule is C[C@H](OC(=O)c1ccc2ncsc2c1)C(=O)N1CCCC1. The number of hydrogen-bond donors (Lipinski definition) is 0. The van der Waals surface area contributed by atoms with Gasteiger partial charge in [-0.05, 0) is 38.0 Å². The zero-order chi connectivity index (χ0) is 14.8. The van der Waals surface area contributed by atoms with E-state index in [-0.39, 0.29) is 5.91 Å². The average Bonchev–Trinajstić information content (AvgIpc) is 3.16. The van der Waals surface area contributed by atoms with Gasteiger partial charge in [0, 0.05) is 13.1 Å². The molecular formula is C15H16N2O3S. The number of benzene rings is 1. The molecule has 0 aliphatic carbocycles. The molecule has 0 unspecified atom stereocenters. The summed E-state index contributed by atoms with van der Waals surface area (Å²) in [6.07, 6.45) is 1.30. The maximum atomic E-state index is 12.1. The summed E-state index contributed by atoms with van der Waals surface area (Å²) in [6.45, 7) is 3.14. The fourth-order valence-electron chi connectivity index (χ4n) is 2.46. The van der Waals surface area contributed by atoms with Crippen LogP contribution in [0.25, 0.3) is 10.2 Å². The van der Waals surface area contributed by atoms with Crippen LogP contribution in [0.15, 0.2) is 23.7 Å². The molecule has 1 saturated heterocycles. The number of rotatable bonds is 3. The topological polar surface area (TPSA) is 59.5 Å². The first-order valence-electron chi connectivity index (χ1n) is 6.98. The lowest BCUT2D eigenvalue weighted by molar-refractivity contribution is -0.138. The minimum Gasteiger partial charge on any atom is -0.449 e. The van der Waals surface area contributed by atoms with Crippen LogP contribution in [-0.2, 0) is 9.53 Å². The minimum atomic E-state index is -0.743. The minimum absolute atomic E-state index is 0.111. The monoisotopic (exact) mass is 304 g/mol. The van der Waals surface area contributed by atoms with E-state index in [9.17, 15) is 9.59 Å².